The molecular formula is C20H21ClN4O. The summed E-state index contributed by atoms with van der Waals surface area (Å²) in [5.74, 6) is 0.167. The molecule has 0 saturated carbocycles. The first-order chi connectivity index (χ1) is 12.6. The van der Waals surface area contributed by atoms with E-state index in [4.69, 9.17) is 11.6 Å². The zero-order valence-corrected chi connectivity index (χ0v) is 15.5. The first-order valence-corrected chi connectivity index (χ1v) is 9.18. The smallest absolute Gasteiger partial charge is 0.219 e. The lowest BCUT2D eigenvalue weighted by molar-refractivity contribution is -0.130. The average Bonchev–Trinajstić information content (AvgIpc) is 3.05. The number of nitrogens with zero attached hydrogens (tertiary/aromatic N) is 4. The van der Waals surface area contributed by atoms with E-state index in [0.29, 0.717) is 5.02 Å². The van der Waals surface area contributed by atoms with Gasteiger partial charge in [0, 0.05) is 51.4 Å². The van der Waals surface area contributed by atoms with Gasteiger partial charge in [-0.3, -0.25) is 9.69 Å². The van der Waals surface area contributed by atoms with Gasteiger partial charge in [0.1, 0.15) is 0 Å². The summed E-state index contributed by atoms with van der Waals surface area (Å²) >= 11 is 6.05. The maximum atomic E-state index is 11.5. The summed E-state index contributed by atoms with van der Waals surface area (Å²) in [7, 11) is 0. The van der Waals surface area contributed by atoms with Crippen molar-refractivity contribution in [1.82, 2.24) is 19.4 Å². The molecule has 26 heavy (non-hydrogen) atoms. The molecule has 2 aromatic heterocycles. The fourth-order valence-electron chi connectivity index (χ4n) is 3.50. The van der Waals surface area contributed by atoms with Gasteiger partial charge in [-0.05, 0) is 29.3 Å². The second kappa shape index (κ2) is 7.09. The summed E-state index contributed by atoms with van der Waals surface area (Å²) in [6.45, 7) is 5.98. The molecule has 1 aliphatic heterocycles. The predicted molar refractivity (Wildman–Crippen MR) is 103 cm³/mol. The molecule has 1 aliphatic rings. The van der Waals surface area contributed by atoms with E-state index < -0.39 is 0 Å². The summed E-state index contributed by atoms with van der Waals surface area (Å²) in [5.41, 5.74) is 4.57. The first kappa shape index (κ1) is 17.1. The highest BCUT2D eigenvalue weighted by Crippen LogP contribution is 2.26. The Morgan fingerprint density at radius 3 is 2.73 bits per heavy atom. The Morgan fingerprint density at radius 2 is 1.96 bits per heavy atom. The van der Waals surface area contributed by atoms with Crippen LogP contribution in [0.5, 0.6) is 0 Å². The number of carbonyl (C=O) groups is 1. The summed E-state index contributed by atoms with van der Waals surface area (Å²) in [5, 5.41) is 5.08. The molecule has 0 bridgehead atoms. The predicted octanol–water partition coefficient (Wildman–Crippen LogP) is 3.32. The number of hydrogen-bond acceptors (Lipinski definition) is 3. The third-order valence-electron chi connectivity index (χ3n) is 4.94. The summed E-state index contributed by atoms with van der Waals surface area (Å²) < 4.78 is 1.81. The summed E-state index contributed by atoms with van der Waals surface area (Å²) in [4.78, 5) is 15.8. The van der Waals surface area contributed by atoms with Crippen LogP contribution < -0.4 is 0 Å². The molecule has 1 aromatic carbocycles. The molecule has 0 unspecified atom stereocenters. The number of halogens is 1. The van der Waals surface area contributed by atoms with E-state index >= 15 is 0 Å². The number of piperazine rings is 1. The molecule has 1 fully saturated rings. The van der Waals surface area contributed by atoms with Crippen LogP contribution in [-0.2, 0) is 11.3 Å². The molecule has 3 heterocycles. The second-order valence-corrected chi connectivity index (χ2v) is 7.15. The Balaban J connectivity index is 1.53. The lowest BCUT2D eigenvalue weighted by Gasteiger charge is -2.34. The molecule has 0 radical (unpaired) electrons. The molecule has 1 saturated heterocycles. The van der Waals surface area contributed by atoms with E-state index in [9.17, 15) is 4.79 Å². The van der Waals surface area contributed by atoms with Crippen molar-refractivity contribution in [2.24, 2.45) is 0 Å². The lowest BCUT2D eigenvalue weighted by atomic mass is 10.0. The van der Waals surface area contributed by atoms with E-state index in [1.54, 1.807) is 6.92 Å². The van der Waals surface area contributed by atoms with Crippen molar-refractivity contribution >= 4 is 23.0 Å². The van der Waals surface area contributed by atoms with Gasteiger partial charge < -0.3 is 4.90 Å². The van der Waals surface area contributed by atoms with Gasteiger partial charge in [-0.1, -0.05) is 29.8 Å². The zero-order chi connectivity index (χ0) is 18.1. The monoisotopic (exact) mass is 368 g/mol. The van der Waals surface area contributed by atoms with E-state index in [0.717, 1.165) is 49.4 Å². The van der Waals surface area contributed by atoms with Gasteiger partial charge in [0.05, 0.1) is 16.7 Å². The number of aromatic nitrogens is 2. The van der Waals surface area contributed by atoms with Crippen molar-refractivity contribution in [3.63, 3.8) is 0 Å². The van der Waals surface area contributed by atoms with Crippen LogP contribution in [-0.4, -0.2) is 51.5 Å². The third kappa shape index (κ3) is 3.45. The average molecular weight is 369 g/mol. The van der Waals surface area contributed by atoms with Crippen molar-refractivity contribution in [1.29, 1.82) is 0 Å². The van der Waals surface area contributed by atoms with Crippen molar-refractivity contribution in [2.45, 2.75) is 13.5 Å². The van der Waals surface area contributed by atoms with Gasteiger partial charge in [0.2, 0.25) is 5.91 Å². The molecule has 0 aliphatic carbocycles. The van der Waals surface area contributed by atoms with Crippen molar-refractivity contribution in [2.75, 3.05) is 26.2 Å². The molecule has 1 amide bonds. The van der Waals surface area contributed by atoms with Crippen molar-refractivity contribution in [3.05, 3.63) is 59.4 Å². The second-order valence-electron chi connectivity index (χ2n) is 6.72. The number of fused-ring (bicyclic) bond motifs is 1. The molecule has 134 valence electrons. The van der Waals surface area contributed by atoms with E-state index in [2.05, 4.69) is 34.3 Å². The SMILES string of the molecule is CC(=O)N1CCN(Cc2cccc(-c3cnn4cc(Cl)ccc34)c2)CC1. The maximum Gasteiger partial charge on any atom is 0.219 e. The van der Waals surface area contributed by atoms with Crippen LogP contribution in [0.4, 0.5) is 0 Å². The molecule has 0 atom stereocenters. The molecule has 0 N–H and O–H groups in total. The summed E-state index contributed by atoms with van der Waals surface area (Å²) in [6.07, 6.45) is 3.70. The highest BCUT2D eigenvalue weighted by Gasteiger charge is 2.18. The Kier molecular flexibility index (Phi) is 4.66. The number of pyridine rings is 1. The topological polar surface area (TPSA) is 40.9 Å². The number of benzene rings is 1. The Morgan fingerprint density at radius 1 is 1.15 bits per heavy atom. The van der Waals surface area contributed by atoms with Gasteiger partial charge in [-0.2, -0.15) is 5.10 Å². The number of amides is 1. The Hall–Kier alpha value is -2.37. The Bertz CT molecular complexity index is 944. The van der Waals surface area contributed by atoms with Crippen LogP contribution in [0.15, 0.2) is 48.8 Å². The van der Waals surface area contributed by atoms with Crippen molar-refractivity contribution in [3.8, 4) is 11.1 Å². The minimum Gasteiger partial charge on any atom is -0.340 e. The molecular weight excluding hydrogens is 348 g/mol. The molecule has 5 nitrogen and oxygen atoms in total. The van der Waals surface area contributed by atoms with Gasteiger partial charge in [0.25, 0.3) is 0 Å². The van der Waals surface area contributed by atoms with Crippen molar-refractivity contribution < 1.29 is 4.79 Å². The van der Waals surface area contributed by atoms with Gasteiger partial charge in [-0.25, -0.2) is 4.52 Å². The maximum absolute atomic E-state index is 11.5. The number of carbonyl (C=O) groups excluding carboxylic acids is 1. The van der Waals surface area contributed by atoms with Crippen LogP contribution in [0.3, 0.4) is 0 Å². The highest BCUT2D eigenvalue weighted by molar-refractivity contribution is 6.30. The molecule has 0 spiro atoms. The fourth-order valence-corrected chi connectivity index (χ4v) is 3.65. The largest absolute Gasteiger partial charge is 0.340 e. The van der Waals surface area contributed by atoms with Crippen LogP contribution in [0.25, 0.3) is 16.6 Å². The fraction of sp³-hybridized carbons (Fsp3) is 0.300. The minimum absolute atomic E-state index is 0.167. The Labute approximate surface area is 157 Å². The van der Waals surface area contributed by atoms with Gasteiger partial charge in [-0.15, -0.1) is 0 Å². The number of rotatable bonds is 3. The highest BCUT2D eigenvalue weighted by atomic mass is 35.5. The molecule has 4 rings (SSSR count). The van der Waals surface area contributed by atoms with Gasteiger partial charge >= 0.3 is 0 Å². The van der Waals surface area contributed by atoms with Crippen LogP contribution in [0, 0.1) is 0 Å². The van der Waals surface area contributed by atoms with E-state index in [1.807, 2.05) is 33.9 Å². The number of hydrogen-bond donors (Lipinski definition) is 0. The van der Waals surface area contributed by atoms with E-state index in [-0.39, 0.29) is 5.91 Å². The molecule has 6 heteroatoms. The van der Waals surface area contributed by atoms with Crippen LogP contribution >= 0.6 is 11.6 Å². The minimum atomic E-state index is 0.167. The first-order valence-electron chi connectivity index (χ1n) is 8.80. The third-order valence-corrected chi connectivity index (χ3v) is 5.17. The van der Waals surface area contributed by atoms with Gasteiger partial charge in [0.15, 0.2) is 0 Å². The lowest BCUT2D eigenvalue weighted by Crippen LogP contribution is -2.47. The van der Waals surface area contributed by atoms with Crippen LogP contribution in [0.2, 0.25) is 5.02 Å². The van der Waals surface area contributed by atoms with E-state index in [1.165, 1.54) is 5.56 Å². The standard InChI is InChI=1S/C20H21ClN4O/c1-15(26)24-9-7-23(8-10-24)13-16-3-2-4-17(11-16)19-12-22-25-14-18(21)5-6-20(19)25/h2-6,11-12,14H,7-10,13H2,1H3. The normalized spacial score (nSPS) is 15.5. The summed E-state index contributed by atoms with van der Waals surface area (Å²) in [6, 6.07) is 12.5. The van der Waals surface area contributed by atoms with Crippen LogP contribution in [0.1, 0.15) is 12.5 Å². The zero-order valence-electron chi connectivity index (χ0n) is 14.7. The molecule has 3 aromatic rings. The quantitative estimate of drug-likeness (QED) is 0.712.